The molecule has 1 N–H and O–H groups in total. The maximum absolute atomic E-state index is 15.0. The second kappa shape index (κ2) is 13.4. The number of unbranched alkanes of at least 4 members (excludes halogenated alkanes) is 2. The number of hydrogen-bond donors (Lipinski definition) is 1. The van der Waals surface area contributed by atoms with Gasteiger partial charge in [-0.2, -0.15) is 0 Å². The van der Waals surface area contributed by atoms with E-state index >= 15 is 0 Å². The number of aliphatic hydroxyl groups excluding tert-OH is 1. The Kier molecular flexibility index (Phi) is 10.3. The molecule has 3 saturated heterocycles. The van der Waals surface area contributed by atoms with Gasteiger partial charge in [0.05, 0.1) is 35.8 Å². The van der Waals surface area contributed by atoms with Crippen LogP contribution in [-0.4, -0.2) is 69.6 Å². The molecule has 3 unspecified atom stereocenters. The summed E-state index contributed by atoms with van der Waals surface area (Å²) in [6.07, 6.45) is 7.53. The van der Waals surface area contributed by atoms with Gasteiger partial charge in [0.25, 0.3) is 5.91 Å². The molecule has 1 aromatic rings. The van der Waals surface area contributed by atoms with E-state index in [0.29, 0.717) is 6.61 Å². The van der Waals surface area contributed by atoms with E-state index in [0.717, 1.165) is 48.9 Å². The number of allylic oxidation sites excluding steroid dienone is 1. The van der Waals surface area contributed by atoms with E-state index in [1.807, 2.05) is 52.0 Å². The Hall–Kier alpha value is -2.58. The monoisotopic (exact) mass is 596 g/mol. The average molecular weight is 597 g/mol. The maximum atomic E-state index is 15.0. The third kappa shape index (κ3) is 5.45. The van der Waals surface area contributed by atoms with Gasteiger partial charge in [-0.15, -0.1) is 24.9 Å². The Morgan fingerprint density at radius 3 is 2.64 bits per heavy atom. The molecule has 1 spiro atoms. The van der Waals surface area contributed by atoms with Gasteiger partial charge in [0, 0.05) is 17.5 Å². The molecule has 1 aromatic carbocycles. The minimum atomic E-state index is -0.823. The van der Waals surface area contributed by atoms with Crippen LogP contribution in [0.25, 0.3) is 0 Å². The quantitative estimate of drug-likeness (QED) is 0.174. The number of aryl methyl sites for hydroxylation is 2. The summed E-state index contributed by atoms with van der Waals surface area (Å²) >= 11 is 1.64. The molecule has 2 amide bonds. The molecule has 3 aliphatic rings. The van der Waals surface area contributed by atoms with Gasteiger partial charge in [-0.25, -0.2) is 0 Å². The standard InChI is InChI=1S/C34H48N2O5S/c1-8-11-12-13-17-41-33(40)28-27-19-24(7)34(42-27)29(28)31(38)36(26(20-37)22(5)10-3)30(34)32(39)35(16-9-2)25-18-21(4)14-15-23(25)6/h8-9,14-15,18,22,24,26-30,37H,1-2,10-13,16-17,19-20H2,3-7H3/t22-,24?,26-,27+,28-,29-,30?,34?/m0/s1. The zero-order valence-corrected chi connectivity index (χ0v) is 26.7. The van der Waals surface area contributed by atoms with Gasteiger partial charge in [-0.1, -0.05) is 51.5 Å². The van der Waals surface area contributed by atoms with Crippen LogP contribution >= 0.6 is 11.8 Å². The highest BCUT2D eigenvalue weighted by atomic mass is 32.2. The highest BCUT2D eigenvalue weighted by Gasteiger charge is 2.77. The largest absolute Gasteiger partial charge is 0.465 e. The molecule has 2 bridgehead atoms. The summed E-state index contributed by atoms with van der Waals surface area (Å²) in [5.41, 5.74) is 2.77. The summed E-state index contributed by atoms with van der Waals surface area (Å²) in [7, 11) is 0. The van der Waals surface area contributed by atoms with E-state index in [1.54, 1.807) is 27.6 Å². The highest BCUT2D eigenvalue weighted by molar-refractivity contribution is 8.02. The minimum absolute atomic E-state index is 0.0255. The second-order valence-corrected chi connectivity index (χ2v) is 14.0. The normalized spacial score (nSPS) is 29.2. The molecule has 230 valence electrons. The van der Waals surface area contributed by atoms with Gasteiger partial charge in [-0.3, -0.25) is 14.4 Å². The zero-order chi connectivity index (χ0) is 30.8. The van der Waals surface area contributed by atoms with E-state index in [1.165, 1.54) is 0 Å². The fraction of sp³-hybridized carbons (Fsp3) is 0.618. The highest BCUT2D eigenvalue weighted by Crippen LogP contribution is 2.69. The number of nitrogens with zero attached hydrogens (tertiary/aromatic N) is 2. The number of anilines is 1. The van der Waals surface area contributed by atoms with Crippen LogP contribution < -0.4 is 4.90 Å². The molecule has 3 heterocycles. The molecule has 7 nitrogen and oxygen atoms in total. The Labute approximate surface area is 255 Å². The van der Waals surface area contributed by atoms with Crippen molar-refractivity contribution in [1.29, 1.82) is 0 Å². The second-order valence-electron chi connectivity index (χ2n) is 12.4. The van der Waals surface area contributed by atoms with Crippen molar-refractivity contribution in [2.45, 2.75) is 88.8 Å². The number of hydrogen-bond acceptors (Lipinski definition) is 6. The minimum Gasteiger partial charge on any atom is -0.465 e. The number of benzene rings is 1. The van der Waals surface area contributed by atoms with E-state index in [4.69, 9.17) is 4.74 Å². The van der Waals surface area contributed by atoms with Gasteiger partial charge < -0.3 is 19.6 Å². The Morgan fingerprint density at radius 1 is 1.26 bits per heavy atom. The number of aliphatic hydroxyl groups is 1. The van der Waals surface area contributed by atoms with Crippen LogP contribution in [0.1, 0.15) is 64.0 Å². The van der Waals surface area contributed by atoms with Crippen molar-refractivity contribution in [1.82, 2.24) is 4.90 Å². The molecule has 8 atom stereocenters. The van der Waals surface area contributed by atoms with Crippen LogP contribution in [0, 0.1) is 37.5 Å². The molecule has 3 aliphatic heterocycles. The molecule has 0 aromatic heterocycles. The summed E-state index contributed by atoms with van der Waals surface area (Å²) in [5, 5.41) is 10.6. The summed E-state index contributed by atoms with van der Waals surface area (Å²) in [4.78, 5) is 46.6. The summed E-state index contributed by atoms with van der Waals surface area (Å²) < 4.78 is 4.98. The predicted octanol–water partition coefficient (Wildman–Crippen LogP) is 5.47. The lowest BCUT2D eigenvalue weighted by Crippen LogP contribution is -2.60. The first-order valence-corrected chi connectivity index (χ1v) is 16.3. The van der Waals surface area contributed by atoms with E-state index in [-0.39, 0.29) is 48.0 Å². The summed E-state index contributed by atoms with van der Waals surface area (Å²) in [6.45, 7) is 18.1. The van der Waals surface area contributed by atoms with Crippen LogP contribution in [0.2, 0.25) is 0 Å². The van der Waals surface area contributed by atoms with E-state index in [2.05, 4.69) is 20.1 Å². The summed E-state index contributed by atoms with van der Waals surface area (Å²) in [5.74, 6) is -2.02. The molecular formula is C34H48N2O5S. The van der Waals surface area contributed by atoms with Crippen molar-refractivity contribution in [3.63, 3.8) is 0 Å². The number of ether oxygens (including phenoxy) is 1. The number of fused-ring (bicyclic) bond motifs is 1. The van der Waals surface area contributed by atoms with Crippen molar-refractivity contribution in [2.24, 2.45) is 23.7 Å². The first-order valence-electron chi connectivity index (χ1n) is 15.5. The number of carbonyl (C=O) groups is 3. The molecule has 42 heavy (non-hydrogen) atoms. The number of likely N-dealkylation sites (tertiary alicyclic amines) is 1. The third-order valence-electron chi connectivity index (χ3n) is 9.81. The predicted molar refractivity (Wildman–Crippen MR) is 169 cm³/mol. The first kappa shape index (κ1) is 32.3. The van der Waals surface area contributed by atoms with E-state index in [9.17, 15) is 19.5 Å². The van der Waals surface area contributed by atoms with Crippen molar-refractivity contribution >= 4 is 35.2 Å². The van der Waals surface area contributed by atoms with Crippen molar-refractivity contribution in [2.75, 3.05) is 24.7 Å². The van der Waals surface area contributed by atoms with Crippen LogP contribution in [0.5, 0.6) is 0 Å². The van der Waals surface area contributed by atoms with Crippen LogP contribution in [0.3, 0.4) is 0 Å². The van der Waals surface area contributed by atoms with Gasteiger partial charge in [-0.05, 0) is 68.6 Å². The van der Waals surface area contributed by atoms with Gasteiger partial charge in [0.1, 0.15) is 6.04 Å². The fourth-order valence-corrected chi connectivity index (χ4v) is 9.82. The van der Waals surface area contributed by atoms with E-state index < -0.39 is 28.7 Å². The number of carbonyl (C=O) groups excluding carboxylic acids is 3. The van der Waals surface area contributed by atoms with Crippen molar-refractivity contribution < 1.29 is 24.2 Å². The van der Waals surface area contributed by atoms with Crippen LogP contribution in [-0.2, 0) is 19.1 Å². The Balaban J connectivity index is 1.80. The molecule has 0 radical (unpaired) electrons. The smallest absolute Gasteiger partial charge is 0.310 e. The van der Waals surface area contributed by atoms with Crippen molar-refractivity contribution in [3.05, 3.63) is 54.6 Å². The molecule has 0 saturated carbocycles. The lowest BCUT2D eigenvalue weighted by molar-refractivity contribution is -0.155. The topological polar surface area (TPSA) is 87.1 Å². The van der Waals surface area contributed by atoms with Crippen molar-refractivity contribution in [3.8, 4) is 0 Å². The summed E-state index contributed by atoms with van der Waals surface area (Å²) in [6, 6.07) is 4.66. The molecule has 8 heteroatoms. The molecule has 4 rings (SSSR count). The van der Waals surface area contributed by atoms with Gasteiger partial charge in [0.15, 0.2) is 0 Å². The number of thioether (sulfide) groups is 1. The number of rotatable bonds is 14. The number of esters is 1. The SMILES string of the molecule is C=CCCCCOC(=O)[C@@H]1[C@H]2C(=O)N([C@@H](CO)[C@@H](C)CC)C(C(=O)N(CC=C)c3cc(C)ccc3C)C23S[C@@H]1CC3C. The Bertz CT molecular complexity index is 1200. The zero-order valence-electron chi connectivity index (χ0n) is 25.9. The van der Waals surface area contributed by atoms with Crippen LogP contribution in [0.4, 0.5) is 5.69 Å². The maximum Gasteiger partial charge on any atom is 0.310 e. The third-order valence-corrected chi connectivity index (χ3v) is 11.9. The molecular weight excluding hydrogens is 548 g/mol. The first-order chi connectivity index (χ1) is 20.1. The van der Waals surface area contributed by atoms with Crippen LogP contribution in [0.15, 0.2) is 43.5 Å². The Morgan fingerprint density at radius 2 is 2.00 bits per heavy atom. The average Bonchev–Trinajstić information content (AvgIpc) is 3.56. The molecule has 0 aliphatic carbocycles. The molecule has 3 fully saturated rings. The van der Waals surface area contributed by atoms with Gasteiger partial charge >= 0.3 is 5.97 Å². The fourth-order valence-electron chi connectivity index (χ4n) is 7.43. The number of amides is 2. The lowest BCUT2D eigenvalue weighted by Gasteiger charge is -2.43. The van der Waals surface area contributed by atoms with Gasteiger partial charge in [0.2, 0.25) is 5.91 Å². The lowest BCUT2D eigenvalue weighted by atomic mass is 9.66.